The van der Waals surface area contributed by atoms with Gasteiger partial charge in [-0.25, -0.2) is 5.43 Å². The van der Waals surface area contributed by atoms with Gasteiger partial charge in [-0.1, -0.05) is 61.2 Å². The number of fused-ring (bicyclic) bond motifs is 1. The molecule has 3 rings (SSSR count). The highest BCUT2D eigenvalue weighted by molar-refractivity contribution is 5.95. The summed E-state index contributed by atoms with van der Waals surface area (Å²) in [5.74, 6) is 0.501. The number of benzene rings is 3. The van der Waals surface area contributed by atoms with Gasteiger partial charge in [-0.15, -0.1) is 0 Å². The van der Waals surface area contributed by atoms with E-state index >= 15 is 0 Å². The van der Waals surface area contributed by atoms with E-state index in [4.69, 9.17) is 4.74 Å². The van der Waals surface area contributed by atoms with Crippen LogP contribution in [-0.2, 0) is 4.79 Å². The lowest BCUT2D eigenvalue weighted by molar-refractivity contribution is -0.119. The first-order chi connectivity index (χ1) is 13.3. The monoisotopic (exact) mass is 359 g/mol. The molecule has 3 aromatic carbocycles. The first-order valence-electron chi connectivity index (χ1n) is 8.63. The zero-order valence-electron chi connectivity index (χ0n) is 14.9. The number of hydrogen-bond acceptors (Lipinski definition) is 4. The normalized spacial score (nSPS) is 10.7. The number of anilines is 1. The summed E-state index contributed by atoms with van der Waals surface area (Å²) in [6, 6.07) is 21.4. The van der Waals surface area contributed by atoms with Crippen molar-refractivity contribution in [2.75, 3.05) is 18.5 Å². The Morgan fingerprint density at radius 2 is 1.89 bits per heavy atom. The van der Waals surface area contributed by atoms with Gasteiger partial charge >= 0.3 is 0 Å². The molecule has 0 spiro atoms. The second-order valence-electron chi connectivity index (χ2n) is 5.85. The predicted octanol–water partition coefficient (Wildman–Crippen LogP) is 3.97. The van der Waals surface area contributed by atoms with Gasteiger partial charge in [-0.2, -0.15) is 5.10 Å². The fourth-order valence-electron chi connectivity index (χ4n) is 2.61. The molecule has 0 atom stereocenters. The average Bonchev–Trinajstić information content (AvgIpc) is 2.71. The van der Waals surface area contributed by atoms with E-state index in [1.165, 1.54) is 0 Å². The van der Waals surface area contributed by atoms with E-state index in [1.807, 2.05) is 66.7 Å². The van der Waals surface area contributed by atoms with E-state index in [2.05, 4.69) is 22.4 Å². The van der Waals surface area contributed by atoms with Crippen LogP contribution in [0.1, 0.15) is 5.56 Å². The molecule has 136 valence electrons. The quantitative estimate of drug-likeness (QED) is 0.363. The Hall–Kier alpha value is -3.60. The van der Waals surface area contributed by atoms with Crippen molar-refractivity contribution in [3.8, 4) is 5.75 Å². The topological polar surface area (TPSA) is 62.7 Å². The molecule has 3 aromatic rings. The summed E-state index contributed by atoms with van der Waals surface area (Å²) in [6.45, 7) is 4.19. The number of nitrogens with zero attached hydrogens (tertiary/aromatic N) is 1. The van der Waals surface area contributed by atoms with Crippen LogP contribution < -0.4 is 15.5 Å². The second kappa shape index (κ2) is 9.20. The molecule has 0 bridgehead atoms. The van der Waals surface area contributed by atoms with Gasteiger partial charge in [0.2, 0.25) is 0 Å². The Balaban J connectivity index is 1.54. The number of rotatable bonds is 8. The first kappa shape index (κ1) is 18.2. The summed E-state index contributed by atoms with van der Waals surface area (Å²) in [7, 11) is 0. The van der Waals surface area contributed by atoms with E-state index in [1.54, 1.807) is 12.3 Å². The van der Waals surface area contributed by atoms with Gasteiger partial charge in [-0.3, -0.25) is 4.79 Å². The lowest BCUT2D eigenvalue weighted by Gasteiger charge is -2.08. The Morgan fingerprint density at radius 3 is 2.78 bits per heavy atom. The number of amides is 1. The summed E-state index contributed by atoms with van der Waals surface area (Å²) < 4.78 is 5.47. The third-order valence-electron chi connectivity index (χ3n) is 3.86. The van der Waals surface area contributed by atoms with E-state index < -0.39 is 0 Å². The van der Waals surface area contributed by atoms with Crippen molar-refractivity contribution in [1.29, 1.82) is 0 Å². The standard InChI is InChI=1S/C22H21N3O2/c1-2-13-27-19-10-5-7-17(14-19)15-24-25-22(26)16-23-21-12-6-9-18-8-3-4-11-20(18)21/h2-12,14-15,23H,1,13,16H2,(H,25,26)/b24-15-. The van der Waals surface area contributed by atoms with Crippen LogP contribution in [-0.4, -0.2) is 25.3 Å². The maximum Gasteiger partial charge on any atom is 0.259 e. The van der Waals surface area contributed by atoms with Crippen LogP contribution in [0.2, 0.25) is 0 Å². The Bertz CT molecular complexity index is 961. The fraction of sp³-hybridized carbons (Fsp3) is 0.0909. The van der Waals surface area contributed by atoms with Gasteiger partial charge in [0.25, 0.3) is 5.91 Å². The maximum absolute atomic E-state index is 12.0. The fourth-order valence-corrected chi connectivity index (χ4v) is 2.61. The highest BCUT2D eigenvalue weighted by Gasteiger charge is 2.03. The minimum Gasteiger partial charge on any atom is -0.490 e. The number of hydrazone groups is 1. The maximum atomic E-state index is 12.0. The smallest absolute Gasteiger partial charge is 0.259 e. The largest absolute Gasteiger partial charge is 0.490 e. The molecule has 0 aromatic heterocycles. The Labute approximate surface area is 158 Å². The van der Waals surface area contributed by atoms with Gasteiger partial charge < -0.3 is 10.1 Å². The predicted molar refractivity (Wildman–Crippen MR) is 110 cm³/mol. The van der Waals surface area contributed by atoms with Crippen molar-refractivity contribution < 1.29 is 9.53 Å². The number of carbonyl (C=O) groups is 1. The van der Waals surface area contributed by atoms with Crippen LogP contribution in [0.4, 0.5) is 5.69 Å². The Morgan fingerprint density at radius 1 is 1.07 bits per heavy atom. The molecular formula is C22H21N3O2. The Kier molecular flexibility index (Phi) is 6.20. The van der Waals surface area contributed by atoms with E-state index in [9.17, 15) is 4.79 Å². The molecule has 0 aliphatic carbocycles. The average molecular weight is 359 g/mol. The van der Waals surface area contributed by atoms with Crippen molar-refractivity contribution in [2.24, 2.45) is 5.10 Å². The zero-order valence-corrected chi connectivity index (χ0v) is 14.9. The molecule has 0 radical (unpaired) electrons. The molecule has 0 aliphatic heterocycles. The van der Waals surface area contributed by atoms with Crippen LogP contribution in [0.15, 0.2) is 84.5 Å². The molecule has 27 heavy (non-hydrogen) atoms. The molecule has 5 heteroatoms. The van der Waals surface area contributed by atoms with Gasteiger partial charge in [0.1, 0.15) is 12.4 Å². The zero-order chi connectivity index (χ0) is 18.9. The summed E-state index contributed by atoms with van der Waals surface area (Å²) in [5.41, 5.74) is 4.27. The van der Waals surface area contributed by atoms with Crippen molar-refractivity contribution in [2.45, 2.75) is 0 Å². The number of nitrogens with one attached hydrogen (secondary N) is 2. The van der Waals surface area contributed by atoms with E-state index in [0.717, 1.165) is 27.8 Å². The van der Waals surface area contributed by atoms with E-state index in [0.29, 0.717) is 6.61 Å². The van der Waals surface area contributed by atoms with Crippen molar-refractivity contribution in [3.63, 3.8) is 0 Å². The minimum atomic E-state index is -0.224. The van der Waals surface area contributed by atoms with Gasteiger partial charge in [0.15, 0.2) is 0 Å². The third-order valence-corrected chi connectivity index (χ3v) is 3.86. The SMILES string of the molecule is C=CCOc1cccc(/C=N\NC(=O)CNc2cccc3ccccc23)c1. The van der Waals surface area contributed by atoms with Crippen molar-refractivity contribution in [1.82, 2.24) is 5.43 Å². The molecule has 5 nitrogen and oxygen atoms in total. The van der Waals surface area contributed by atoms with Crippen LogP contribution in [0.3, 0.4) is 0 Å². The second-order valence-corrected chi connectivity index (χ2v) is 5.85. The molecule has 0 unspecified atom stereocenters. The summed E-state index contributed by atoms with van der Waals surface area (Å²) >= 11 is 0. The molecule has 0 heterocycles. The third kappa shape index (κ3) is 5.19. The van der Waals surface area contributed by atoms with E-state index in [-0.39, 0.29) is 12.5 Å². The first-order valence-corrected chi connectivity index (χ1v) is 8.63. The molecule has 1 amide bonds. The molecule has 2 N–H and O–H groups in total. The van der Waals surface area contributed by atoms with Crippen LogP contribution in [0.25, 0.3) is 10.8 Å². The number of carbonyl (C=O) groups excluding carboxylic acids is 1. The molecule has 0 saturated carbocycles. The van der Waals surface area contributed by atoms with Crippen molar-refractivity contribution in [3.05, 3.63) is 84.9 Å². The highest BCUT2D eigenvalue weighted by atomic mass is 16.5. The van der Waals surface area contributed by atoms with Gasteiger partial charge in [-0.05, 0) is 29.1 Å². The van der Waals surface area contributed by atoms with Gasteiger partial charge in [0.05, 0.1) is 12.8 Å². The summed E-state index contributed by atoms with van der Waals surface area (Å²) in [6.07, 6.45) is 3.26. The molecule has 0 aliphatic rings. The van der Waals surface area contributed by atoms with Gasteiger partial charge in [0, 0.05) is 11.1 Å². The minimum absolute atomic E-state index is 0.133. The lowest BCUT2D eigenvalue weighted by atomic mass is 10.1. The van der Waals surface area contributed by atoms with Crippen LogP contribution in [0.5, 0.6) is 5.75 Å². The number of hydrogen-bond donors (Lipinski definition) is 2. The molecular weight excluding hydrogens is 338 g/mol. The summed E-state index contributed by atoms with van der Waals surface area (Å²) in [5, 5.41) is 9.35. The highest BCUT2D eigenvalue weighted by Crippen LogP contribution is 2.22. The van der Waals surface area contributed by atoms with Crippen LogP contribution in [0, 0.1) is 0 Å². The summed E-state index contributed by atoms with van der Waals surface area (Å²) in [4.78, 5) is 12.0. The molecule has 0 fully saturated rings. The molecule has 0 saturated heterocycles. The lowest BCUT2D eigenvalue weighted by Crippen LogP contribution is -2.25. The van der Waals surface area contributed by atoms with Crippen LogP contribution >= 0.6 is 0 Å². The number of ether oxygens (including phenoxy) is 1. The van der Waals surface area contributed by atoms with Crippen molar-refractivity contribution >= 4 is 28.6 Å².